The number of ether oxygens (including phenoxy) is 3. The predicted octanol–water partition coefficient (Wildman–Crippen LogP) is 3.20. The van der Waals surface area contributed by atoms with Crippen molar-refractivity contribution in [2.75, 3.05) is 20.3 Å². The standard InChI is InChI=1S/C15H14FNO5/c1-20-12-3-5-13(6-4-12)21-8-9-22-15-10-11(16)2-7-14(15)17(18)19/h2-7,10H,8-9H2,1H3. The van der Waals surface area contributed by atoms with Crippen LogP contribution in [0.1, 0.15) is 0 Å². The summed E-state index contributed by atoms with van der Waals surface area (Å²) in [4.78, 5) is 10.2. The molecule has 0 aliphatic heterocycles. The van der Waals surface area contributed by atoms with Gasteiger partial charge in [-0.1, -0.05) is 0 Å². The number of hydrogen-bond acceptors (Lipinski definition) is 5. The van der Waals surface area contributed by atoms with E-state index in [0.29, 0.717) is 11.5 Å². The fourth-order valence-corrected chi connectivity index (χ4v) is 1.74. The molecular weight excluding hydrogens is 293 g/mol. The van der Waals surface area contributed by atoms with Crippen molar-refractivity contribution in [2.45, 2.75) is 0 Å². The highest BCUT2D eigenvalue weighted by atomic mass is 19.1. The summed E-state index contributed by atoms with van der Waals surface area (Å²) in [6, 6.07) is 9.99. The zero-order valence-corrected chi connectivity index (χ0v) is 11.8. The van der Waals surface area contributed by atoms with Gasteiger partial charge in [-0.3, -0.25) is 10.1 Å². The lowest BCUT2D eigenvalue weighted by Crippen LogP contribution is -2.10. The Hall–Kier alpha value is -2.83. The molecule has 0 aromatic heterocycles. The summed E-state index contributed by atoms with van der Waals surface area (Å²) in [6.45, 7) is 0.219. The second-order valence-corrected chi connectivity index (χ2v) is 4.24. The molecule has 0 radical (unpaired) electrons. The number of hydrogen-bond donors (Lipinski definition) is 0. The molecule has 0 fully saturated rings. The number of nitrogens with zero attached hydrogens (tertiary/aromatic N) is 1. The molecule has 0 aliphatic rings. The van der Waals surface area contributed by atoms with Crippen LogP contribution in [0.4, 0.5) is 10.1 Å². The molecule has 0 saturated carbocycles. The van der Waals surface area contributed by atoms with Gasteiger partial charge in [0, 0.05) is 12.1 Å². The van der Waals surface area contributed by atoms with Gasteiger partial charge in [-0.15, -0.1) is 0 Å². The summed E-state index contributed by atoms with van der Waals surface area (Å²) in [5.74, 6) is 0.595. The minimum Gasteiger partial charge on any atom is -0.497 e. The van der Waals surface area contributed by atoms with Crippen LogP contribution in [0, 0.1) is 15.9 Å². The molecule has 116 valence electrons. The van der Waals surface area contributed by atoms with Gasteiger partial charge in [-0.05, 0) is 30.3 Å². The van der Waals surface area contributed by atoms with Crippen molar-refractivity contribution in [1.29, 1.82) is 0 Å². The Kier molecular flexibility index (Phi) is 5.13. The van der Waals surface area contributed by atoms with Crippen LogP contribution < -0.4 is 14.2 Å². The molecule has 2 aromatic rings. The number of nitro groups is 1. The van der Waals surface area contributed by atoms with E-state index >= 15 is 0 Å². The van der Waals surface area contributed by atoms with Gasteiger partial charge in [-0.2, -0.15) is 0 Å². The van der Waals surface area contributed by atoms with Crippen molar-refractivity contribution in [3.8, 4) is 17.2 Å². The first-order valence-corrected chi connectivity index (χ1v) is 6.44. The second kappa shape index (κ2) is 7.26. The highest BCUT2D eigenvalue weighted by molar-refractivity contribution is 5.46. The highest BCUT2D eigenvalue weighted by Gasteiger charge is 2.15. The molecule has 0 saturated heterocycles. The molecule has 2 aromatic carbocycles. The number of nitro benzene ring substituents is 1. The van der Waals surface area contributed by atoms with E-state index in [2.05, 4.69) is 0 Å². The van der Waals surface area contributed by atoms with Crippen LogP contribution in [0.15, 0.2) is 42.5 Å². The van der Waals surface area contributed by atoms with E-state index in [4.69, 9.17) is 14.2 Å². The quantitative estimate of drug-likeness (QED) is 0.446. The fraction of sp³-hybridized carbons (Fsp3) is 0.200. The Morgan fingerprint density at radius 2 is 1.68 bits per heavy atom. The molecule has 7 heteroatoms. The van der Waals surface area contributed by atoms with Crippen molar-refractivity contribution in [2.24, 2.45) is 0 Å². The van der Waals surface area contributed by atoms with Gasteiger partial charge in [0.25, 0.3) is 0 Å². The van der Waals surface area contributed by atoms with Gasteiger partial charge in [0.15, 0.2) is 5.75 Å². The van der Waals surface area contributed by atoms with Crippen molar-refractivity contribution in [3.63, 3.8) is 0 Å². The van der Waals surface area contributed by atoms with Gasteiger partial charge in [-0.25, -0.2) is 4.39 Å². The maximum Gasteiger partial charge on any atom is 0.311 e. The van der Waals surface area contributed by atoms with Gasteiger partial charge >= 0.3 is 5.69 Å². The Labute approximate surface area is 126 Å². The molecule has 0 bridgehead atoms. The number of rotatable bonds is 7. The van der Waals surface area contributed by atoms with Crippen molar-refractivity contribution in [3.05, 3.63) is 58.4 Å². The maximum atomic E-state index is 13.1. The van der Waals surface area contributed by atoms with Crippen LogP contribution in [-0.2, 0) is 0 Å². The average Bonchev–Trinajstić information content (AvgIpc) is 2.52. The summed E-state index contributed by atoms with van der Waals surface area (Å²) >= 11 is 0. The Bertz CT molecular complexity index is 645. The van der Waals surface area contributed by atoms with Crippen molar-refractivity contribution >= 4 is 5.69 Å². The van der Waals surface area contributed by atoms with E-state index < -0.39 is 10.7 Å². The van der Waals surface area contributed by atoms with Gasteiger partial charge in [0.2, 0.25) is 0 Å². The molecular formula is C15H14FNO5. The average molecular weight is 307 g/mol. The molecule has 0 heterocycles. The zero-order chi connectivity index (χ0) is 15.9. The van der Waals surface area contributed by atoms with E-state index in [1.807, 2.05) is 0 Å². The summed E-state index contributed by atoms with van der Waals surface area (Å²) in [5, 5.41) is 10.8. The molecule has 0 N–H and O–H groups in total. The van der Waals surface area contributed by atoms with Gasteiger partial charge in [0.1, 0.15) is 30.5 Å². The first kappa shape index (κ1) is 15.6. The lowest BCUT2D eigenvalue weighted by Gasteiger charge is -2.09. The highest BCUT2D eigenvalue weighted by Crippen LogP contribution is 2.27. The van der Waals surface area contributed by atoms with Crippen LogP contribution >= 0.6 is 0 Å². The minimum absolute atomic E-state index is 0.0519. The minimum atomic E-state index is -0.626. The monoisotopic (exact) mass is 307 g/mol. The molecule has 6 nitrogen and oxygen atoms in total. The summed E-state index contributed by atoms with van der Waals surface area (Å²) < 4.78 is 28.8. The summed E-state index contributed by atoms with van der Waals surface area (Å²) in [5.41, 5.74) is -0.286. The van der Waals surface area contributed by atoms with E-state index in [1.165, 1.54) is 0 Å². The number of benzene rings is 2. The van der Waals surface area contributed by atoms with Crippen LogP contribution in [-0.4, -0.2) is 25.2 Å². The van der Waals surface area contributed by atoms with E-state index in [1.54, 1.807) is 31.4 Å². The third kappa shape index (κ3) is 4.08. The van der Waals surface area contributed by atoms with Crippen LogP contribution in [0.5, 0.6) is 17.2 Å². The molecule has 0 aliphatic carbocycles. The lowest BCUT2D eigenvalue weighted by atomic mass is 10.3. The number of halogens is 1. The normalized spacial score (nSPS) is 10.1. The van der Waals surface area contributed by atoms with Crippen molar-refractivity contribution < 1.29 is 23.5 Å². The molecule has 0 unspecified atom stereocenters. The molecule has 2 rings (SSSR count). The third-order valence-electron chi connectivity index (χ3n) is 2.79. The van der Waals surface area contributed by atoms with Crippen molar-refractivity contribution in [1.82, 2.24) is 0 Å². The van der Waals surface area contributed by atoms with Gasteiger partial charge in [0.05, 0.1) is 12.0 Å². The predicted molar refractivity (Wildman–Crippen MR) is 77.0 cm³/mol. The molecule has 0 spiro atoms. The number of methoxy groups -OCH3 is 1. The van der Waals surface area contributed by atoms with Crippen LogP contribution in [0.3, 0.4) is 0 Å². The topological polar surface area (TPSA) is 70.8 Å². The van der Waals surface area contributed by atoms with Gasteiger partial charge < -0.3 is 14.2 Å². The van der Waals surface area contributed by atoms with Crippen LogP contribution in [0.2, 0.25) is 0 Å². The first-order valence-electron chi connectivity index (χ1n) is 6.44. The van der Waals surface area contributed by atoms with E-state index in [-0.39, 0.29) is 24.7 Å². The maximum absolute atomic E-state index is 13.1. The largest absolute Gasteiger partial charge is 0.497 e. The Morgan fingerprint density at radius 1 is 1.05 bits per heavy atom. The molecule has 0 atom stereocenters. The Morgan fingerprint density at radius 3 is 2.32 bits per heavy atom. The Balaban J connectivity index is 1.88. The summed E-state index contributed by atoms with van der Waals surface area (Å²) in [7, 11) is 1.57. The smallest absolute Gasteiger partial charge is 0.311 e. The second-order valence-electron chi connectivity index (χ2n) is 4.24. The fourth-order valence-electron chi connectivity index (χ4n) is 1.74. The van der Waals surface area contributed by atoms with Crippen LogP contribution in [0.25, 0.3) is 0 Å². The first-order chi connectivity index (χ1) is 10.6. The van der Waals surface area contributed by atoms with E-state index in [9.17, 15) is 14.5 Å². The summed E-state index contributed by atoms with van der Waals surface area (Å²) in [6.07, 6.45) is 0. The lowest BCUT2D eigenvalue weighted by molar-refractivity contribution is -0.385. The molecule has 22 heavy (non-hydrogen) atoms. The van der Waals surface area contributed by atoms with E-state index in [0.717, 1.165) is 18.2 Å². The SMILES string of the molecule is COc1ccc(OCCOc2cc(F)ccc2[N+](=O)[O-])cc1. The zero-order valence-electron chi connectivity index (χ0n) is 11.8. The molecule has 0 amide bonds. The third-order valence-corrected chi connectivity index (χ3v) is 2.79.